The van der Waals surface area contributed by atoms with E-state index in [2.05, 4.69) is 32.9 Å². The largest absolute Gasteiger partial charge is 0.379 e. The van der Waals surface area contributed by atoms with Crippen LogP contribution in [0.3, 0.4) is 0 Å². The van der Waals surface area contributed by atoms with Crippen molar-refractivity contribution in [3.63, 3.8) is 0 Å². The summed E-state index contributed by atoms with van der Waals surface area (Å²) >= 11 is 5.30. The topological polar surface area (TPSA) is 46.9 Å². The first-order valence-corrected chi connectivity index (χ1v) is 7.88. The summed E-state index contributed by atoms with van der Waals surface area (Å²) in [6, 6.07) is 0.427. The van der Waals surface area contributed by atoms with Crippen molar-refractivity contribution in [1.82, 2.24) is 9.78 Å². The molecule has 2 heterocycles. The number of rotatable bonds is 4. The first kappa shape index (κ1) is 13.7. The van der Waals surface area contributed by atoms with E-state index < -0.39 is 0 Å². The maximum absolute atomic E-state index is 12.0. The van der Waals surface area contributed by atoms with Crippen LogP contribution in [0.2, 0.25) is 0 Å². The summed E-state index contributed by atoms with van der Waals surface area (Å²) in [5.41, 5.74) is 0.663. The number of nitrogens with one attached hydrogen (secondary N) is 1. The molecule has 98 valence electrons. The van der Waals surface area contributed by atoms with E-state index in [-0.39, 0.29) is 5.56 Å². The van der Waals surface area contributed by atoms with Crippen LogP contribution in [0.15, 0.2) is 28.1 Å². The number of allylic oxidation sites excluding steroid dienone is 1. The molecule has 4 nitrogen and oxygen atoms in total. The van der Waals surface area contributed by atoms with E-state index in [4.69, 9.17) is 0 Å². The van der Waals surface area contributed by atoms with Gasteiger partial charge in [-0.2, -0.15) is 16.9 Å². The van der Waals surface area contributed by atoms with Crippen LogP contribution < -0.4 is 10.9 Å². The maximum Gasteiger partial charge on any atom is 0.283 e. The average molecular weight is 330 g/mol. The molecule has 2 rings (SSSR count). The minimum absolute atomic E-state index is 0.122. The molecular weight excluding hydrogens is 314 g/mol. The van der Waals surface area contributed by atoms with Gasteiger partial charge in [-0.15, -0.1) is 6.58 Å². The molecule has 0 bridgehead atoms. The Kier molecular flexibility index (Phi) is 4.88. The van der Waals surface area contributed by atoms with Crippen LogP contribution in [0.1, 0.15) is 12.8 Å². The molecule has 1 unspecified atom stereocenters. The Hall–Kier alpha value is -0.750. The molecule has 0 spiro atoms. The van der Waals surface area contributed by atoms with Gasteiger partial charge in [0.25, 0.3) is 5.56 Å². The van der Waals surface area contributed by atoms with Crippen molar-refractivity contribution in [2.75, 3.05) is 16.8 Å². The molecule has 1 aliphatic rings. The van der Waals surface area contributed by atoms with E-state index >= 15 is 0 Å². The smallest absolute Gasteiger partial charge is 0.283 e. The third kappa shape index (κ3) is 3.17. The lowest BCUT2D eigenvalue weighted by Crippen LogP contribution is -2.29. The predicted molar refractivity (Wildman–Crippen MR) is 80.4 cm³/mol. The third-order valence-electron chi connectivity index (χ3n) is 2.81. The van der Waals surface area contributed by atoms with E-state index in [1.165, 1.54) is 16.9 Å². The molecule has 1 fully saturated rings. The minimum Gasteiger partial charge on any atom is -0.379 e. The van der Waals surface area contributed by atoms with Crippen molar-refractivity contribution in [3.8, 4) is 0 Å². The van der Waals surface area contributed by atoms with Gasteiger partial charge in [-0.05, 0) is 34.5 Å². The molecule has 1 aromatic rings. The standard InChI is InChI=1S/C12H16BrN3OS/c1-2-5-16-12(17)11(13)10(7-14-16)15-9-4-3-6-18-8-9/h2,7,9,15H,1,3-6,8H2. The summed E-state index contributed by atoms with van der Waals surface area (Å²) in [5.74, 6) is 2.32. The predicted octanol–water partition coefficient (Wildman–Crippen LogP) is 2.50. The summed E-state index contributed by atoms with van der Waals surface area (Å²) in [7, 11) is 0. The SMILES string of the molecule is C=CCn1ncc(NC2CCCSC2)c(Br)c1=O. The van der Waals surface area contributed by atoms with Crippen molar-refractivity contribution in [2.24, 2.45) is 0 Å². The van der Waals surface area contributed by atoms with Crippen molar-refractivity contribution in [2.45, 2.75) is 25.4 Å². The van der Waals surface area contributed by atoms with E-state index in [1.54, 1.807) is 12.3 Å². The van der Waals surface area contributed by atoms with E-state index in [9.17, 15) is 4.79 Å². The van der Waals surface area contributed by atoms with Gasteiger partial charge in [-0.25, -0.2) is 4.68 Å². The van der Waals surface area contributed by atoms with Crippen molar-refractivity contribution in [3.05, 3.63) is 33.7 Å². The van der Waals surface area contributed by atoms with Crippen LogP contribution in [0.4, 0.5) is 5.69 Å². The highest BCUT2D eigenvalue weighted by molar-refractivity contribution is 9.10. The van der Waals surface area contributed by atoms with Gasteiger partial charge in [-0.3, -0.25) is 4.79 Å². The molecule has 0 amide bonds. The highest BCUT2D eigenvalue weighted by Gasteiger charge is 2.16. The number of nitrogens with zero attached hydrogens (tertiary/aromatic N) is 2. The van der Waals surface area contributed by atoms with Crippen LogP contribution in [0.5, 0.6) is 0 Å². The van der Waals surface area contributed by atoms with Crippen LogP contribution in [0, 0.1) is 0 Å². The number of halogens is 1. The molecule has 18 heavy (non-hydrogen) atoms. The lowest BCUT2D eigenvalue weighted by molar-refractivity contribution is 0.643. The average Bonchev–Trinajstić information content (AvgIpc) is 2.40. The molecule has 1 N–H and O–H groups in total. The normalized spacial score (nSPS) is 19.5. The highest BCUT2D eigenvalue weighted by atomic mass is 79.9. The Bertz CT molecular complexity index is 483. The number of hydrogen-bond donors (Lipinski definition) is 1. The Morgan fingerprint density at radius 2 is 2.56 bits per heavy atom. The fraction of sp³-hybridized carbons (Fsp3) is 0.500. The number of aromatic nitrogens is 2. The summed E-state index contributed by atoms with van der Waals surface area (Å²) in [5, 5.41) is 7.52. The summed E-state index contributed by atoms with van der Waals surface area (Å²) in [6.07, 6.45) is 5.73. The second-order valence-electron chi connectivity index (χ2n) is 4.21. The molecule has 1 aliphatic heterocycles. The fourth-order valence-electron chi connectivity index (χ4n) is 1.89. The van der Waals surface area contributed by atoms with Gasteiger partial charge in [-0.1, -0.05) is 6.08 Å². The first-order valence-electron chi connectivity index (χ1n) is 5.93. The quantitative estimate of drug-likeness (QED) is 0.862. The summed E-state index contributed by atoms with van der Waals surface area (Å²) in [4.78, 5) is 12.0. The highest BCUT2D eigenvalue weighted by Crippen LogP contribution is 2.23. The zero-order valence-electron chi connectivity index (χ0n) is 10.1. The Labute approximate surface area is 119 Å². The van der Waals surface area contributed by atoms with Gasteiger partial charge < -0.3 is 5.32 Å². The minimum atomic E-state index is -0.122. The molecule has 0 aromatic carbocycles. The lowest BCUT2D eigenvalue weighted by Gasteiger charge is -2.23. The van der Waals surface area contributed by atoms with E-state index in [1.807, 2.05) is 11.8 Å². The first-order chi connectivity index (χ1) is 8.72. The number of thioether (sulfide) groups is 1. The van der Waals surface area contributed by atoms with Gasteiger partial charge in [0.2, 0.25) is 0 Å². The summed E-state index contributed by atoms with van der Waals surface area (Å²) < 4.78 is 1.94. The van der Waals surface area contributed by atoms with Gasteiger partial charge in [0.15, 0.2) is 0 Å². The second kappa shape index (κ2) is 6.43. The molecule has 6 heteroatoms. The van der Waals surface area contributed by atoms with Crippen molar-refractivity contribution < 1.29 is 0 Å². The molecule has 1 saturated heterocycles. The van der Waals surface area contributed by atoms with Crippen LogP contribution in [-0.2, 0) is 6.54 Å². The van der Waals surface area contributed by atoms with Gasteiger partial charge in [0, 0.05) is 11.8 Å². The zero-order valence-corrected chi connectivity index (χ0v) is 12.5. The Morgan fingerprint density at radius 1 is 1.72 bits per heavy atom. The van der Waals surface area contributed by atoms with Gasteiger partial charge >= 0.3 is 0 Å². The maximum atomic E-state index is 12.0. The molecule has 0 saturated carbocycles. The van der Waals surface area contributed by atoms with Crippen LogP contribution in [-0.4, -0.2) is 27.3 Å². The zero-order chi connectivity index (χ0) is 13.0. The third-order valence-corrected chi connectivity index (χ3v) is 4.79. The summed E-state index contributed by atoms with van der Waals surface area (Å²) in [6.45, 7) is 4.04. The molecule has 0 radical (unpaired) electrons. The van der Waals surface area contributed by atoms with Gasteiger partial charge in [0.1, 0.15) is 4.47 Å². The molecule has 1 atom stereocenters. The monoisotopic (exact) mass is 329 g/mol. The number of anilines is 1. The molecule has 1 aromatic heterocycles. The van der Waals surface area contributed by atoms with Crippen molar-refractivity contribution in [1.29, 1.82) is 0 Å². The van der Waals surface area contributed by atoms with Crippen molar-refractivity contribution >= 4 is 33.4 Å². The van der Waals surface area contributed by atoms with Crippen LogP contribution in [0.25, 0.3) is 0 Å². The number of hydrogen-bond acceptors (Lipinski definition) is 4. The van der Waals surface area contributed by atoms with E-state index in [0.717, 1.165) is 17.9 Å². The van der Waals surface area contributed by atoms with Crippen LogP contribution >= 0.6 is 27.7 Å². The Balaban J connectivity index is 2.15. The second-order valence-corrected chi connectivity index (χ2v) is 6.15. The van der Waals surface area contributed by atoms with E-state index in [0.29, 0.717) is 17.1 Å². The molecular formula is C12H16BrN3OS. The molecule has 0 aliphatic carbocycles. The Morgan fingerprint density at radius 3 is 3.22 bits per heavy atom. The lowest BCUT2D eigenvalue weighted by atomic mass is 10.2. The van der Waals surface area contributed by atoms with Gasteiger partial charge in [0.05, 0.1) is 18.4 Å². The fourth-order valence-corrected chi connectivity index (χ4v) is 3.39.